The second kappa shape index (κ2) is 5.25. The molecule has 1 atom stereocenters. The summed E-state index contributed by atoms with van der Waals surface area (Å²) in [5, 5.41) is 10.8. The molecule has 22 heavy (non-hydrogen) atoms. The van der Waals surface area contributed by atoms with Crippen LogP contribution in [0.15, 0.2) is 41.7 Å². The molecule has 6 nitrogen and oxygen atoms in total. The van der Waals surface area contributed by atoms with Crippen LogP contribution in [0.25, 0.3) is 0 Å². The Bertz CT molecular complexity index is 738. The van der Waals surface area contributed by atoms with E-state index in [1.54, 1.807) is 43.0 Å². The Hall–Kier alpha value is -2.70. The first-order chi connectivity index (χ1) is 10.5. The van der Waals surface area contributed by atoms with E-state index >= 15 is 0 Å². The van der Waals surface area contributed by atoms with Gasteiger partial charge in [-0.2, -0.15) is 5.10 Å². The molecule has 1 aromatic heterocycles. The number of nitrogens with one attached hydrogen (secondary N) is 1. The number of amides is 1. The number of halogens is 1. The second-order valence-electron chi connectivity index (χ2n) is 5.37. The first-order valence-electron chi connectivity index (χ1n) is 6.78. The SMILES string of the molecule is Cn1ccc(NC(=O)C2(C)CC(c3ccc(F)cc3)=NO2)n1. The number of nitrogens with zero attached hydrogens (tertiary/aromatic N) is 3. The first-order valence-corrected chi connectivity index (χ1v) is 6.78. The maximum Gasteiger partial charge on any atom is 0.272 e. The second-order valence-corrected chi connectivity index (χ2v) is 5.37. The lowest BCUT2D eigenvalue weighted by Crippen LogP contribution is -2.40. The van der Waals surface area contributed by atoms with Crippen molar-refractivity contribution in [3.63, 3.8) is 0 Å². The predicted octanol–water partition coefficient (Wildman–Crippen LogP) is 2.08. The molecule has 0 saturated carbocycles. The topological polar surface area (TPSA) is 68.5 Å². The van der Waals surface area contributed by atoms with Gasteiger partial charge in [0.05, 0.1) is 5.71 Å². The summed E-state index contributed by atoms with van der Waals surface area (Å²) < 4.78 is 14.5. The summed E-state index contributed by atoms with van der Waals surface area (Å²) >= 11 is 0. The van der Waals surface area contributed by atoms with Crippen LogP contribution in [0.4, 0.5) is 10.2 Å². The molecule has 1 aliphatic rings. The van der Waals surface area contributed by atoms with E-state index in [-0.39, 0.29) is 11.7 Å². The number of hydrogen-bond acceptors (Lipinski definition) is 4. The van der Waals surface area contributed by atoms with Crippen LogP contribution in [0.3, 0.4) is 0 Å². The Labute approximate surface area is 126 Å². The van der Waals surface area contributed by atoms with E-state index in [0.717, 1.165) is 5.56 Å². The lowest BCUT2D eigenvalue weighted by Gasteiger charge is -2.19. The van der Waals surface area contributed by atoms with E-state index in [9.17, 15) is 9.18 Å². The zero-order valence-corrected chi connectivity index (χ0v) is 12.2. The number of benzene rings is 1. The number of hydrogen-bond donors (Lipinski definition) is 1. The monoisotopic (exact) mass is 302 g/mol. The molecule has 1 aliphatic heterocycles. The van der Waals surface area contributed by atoms with Crippen LogP contribution in [0, 0.1) is 5.82 Å². The van der Waals surface area contributed by atoms with Crippen molar-refractivity contribution in [1.82, 2.24) is 9.78 Å². The summed E-state index contributed by atoms with van der Waals surface area (Å²) in [5.41, 5.74) is 0.232. The maximum absolute atomic E-state index is 13.0. The van der Waals surface area contributed by atoms with Gasteiger partial charge < -0.3 is 10.2 Å². The molecular formula is C15H15FN4O2. The van der Waals surface area contributed by atoms with Gasteiger partial charge in [-0.25, -0.2) is 4.39 Å². The Morgan fingerprint density at radius 1 is 1.36 bits per heavy atom. The van der Waals surface area contributed by atoms with Gasteiger partial charge in [-0.05, 0) is 24.6 Å². The van der Waals surface area contributed by atoms with Gasteiger partial charge in [-0.3, -0.25) is 9.48 Å². The van der Waals surface area contributed by atoms with Crippen LogP contribution in [0.2, 0.25) is 0 Å². The molecular weight excluding hydrogens is 287 g/mol. The molecule has 0 aliphatic carbocycles. The van der Waals surface area contributed by atoms with Gasteiger partial charge in [-0.15, -0.1) is 0 Å². The third-order valence-electron chi connectivity index (χ3n) is 3.48. The van der Waals surface area contributed by atoms with Crippen molar-refractivity contribution < 1.29 is 14.0 Å². The Kier molecular flexibility index (Phi) is 3.40. The summed E-state index contributed by atoms with van der Waals surface area (Å²) in [7, 11) is 1.76. The van der Waals surface area contributed by atoms with Crippen molar-refractivity contribution in [3.8, 4) is 0 Å². The third-order valence-corrected chi connectivity index (χ3v) is 3.48. The molecule has 2 aromatic rings. The van der Waals surface area contributed by atoms with E-state index in [4.69, 9.17) is 4.84 Å². The van der Waals surface area contributed by atoms with Crippen molar-refractivity contribution in [2.24, 2.45) is 12.2 Å². The van der Waals surface area contributed by atoms with Crippen LogP contribution in [0.5, 0.6) is 0 Å². The normalized spacial score (nSPS) is 20.4. The van der Waals surface area contributed by atoms with Gasteiger partial charge >= 0.3 is 0 Å². The standard InChI is InChI=1S/C15H15FN4O2/c1-15(14(21)17-13-7-8-20(2)18-13)9-12(19-22-15)10-3-5-11(16)6-4-10/h3-8H,9H2,1-2H3,(H,17,18,21). The van der Waals surface area contributed by atoms with E-state index in [2.05, 4.69) is 15.6 Å². The number of aromatic nitrogens is 2. The highest BCUT2D eigenvalue weighted by molar-refractivity contribution is 6.07. The molecule has 0 fully saturated rings. The number of carbonyl (C=O) groups is 1. The van der Waals surface area contributed by atoms with Crippen LogP contribution < -0.4 is 5.32 Å². The highest BCUT2D eigenvalue weighted by Gasteiger charge is 2.42. The average molecular weight is 302 g/mol. The van der Waals surface area contributed by atoms with Gasteiger partial charge in [0.1, 0.15) is 5.82 Å². The fourth-order valence-electron chi connectivity index (χ4n) is 2.19. The molecule has 1 unspecified atom stereocenters. The minimum Gasteiger partial charge on any atom is -0.379 e. The molecule has 0 saturated heterocycles. The van der Waals surface area contributed by atoms with Gasteiger partial charge in [0.2, 0.25) is 5.60 Å². The molecule has 0 spiro atoms. The molecule has 2 heterocycles. The smallest absolute Gasteiger partial charge is 0.272 e. The van der Waals surface area contributed by atoms with Crippen LogP contribution in [-0.4, -0.2) is 27.0 Å². The molecule has 1 N–H and O–H groups in total. The fourth-order valence-corrected chi connectivity index (χ4v) is 2.19. The maximum atomic E-state index is 13.0. The average Bonchev–Trinajstić information content (AvgIpc) is 3.07. The summed E-state index contributed by atoms with van der Waals surface area (Å²) in [6.07, 6.45) is 2.03. The molecule has 1 amide bonds. The van der Waals surface area contributed by atoms with Crippen LogP contribution in [-0.2, 0) is 16.7 Å². The zero-order chi connectivity index (χ0) is 15.7. The minimum absolute atomic E-state index is 0.303. The van der Waals surface area contributed by atoms with Crippen LogP contribution in [0.1, 0.15) is 18.9 Å². The van der Waals surface area contributed by atoms with Crippen molar-refractivity contribution in [1.29, 1.82) is 0 Å². The number of oxime groups is 1. The van der Waals surface area contributed by atoms with Gasteiger partial charge in [-0.1, -0.05) is 17.3 Å². The van der Waals surface area contributed by atoms with Gasteiger partial charge in [0, 0.05) is 25.7 Å². The molecule has 114 valence electrons. The number of rotatable bonds is 3. The molecule has 7 heteroatoms. The summed E-state index contributed by atoms with van der Waals surface area (Å²) in [4.78, 5) is 17.7. The lowest BCUT2D eigenvalue weighted by atomic mass is 9.95. The highest BCUT2D eigenvalue weighted by Crippen LogP contribution is 2.28. The first kappa shape index (κ1) is 14.2. The summed E-state index contributed by atoms with van der Waals surface area (Å²) in [6.45, 7) is 1.66. The fraction of sp³-hybridized carbons (Fsp3) is 0.267. The minimum atomic E-state index is -1.11. The van der Waals surface area contributed by atoms with E-state index in [1.807, 2.05) is 0 Å². The molecule has 0 bridgehead atoms. The Balaban J connectivity index is 1.71. The number of aryl methyl sites for hydroxylation is 1. The lowest BCUT2D eigenvalue weighted by molar-refractivity contribution is -0.135. The summed E-state index contributed by atoms with van der Waals surface area (Å²) in [6, 6.07) is 7.61. The van der Waals surface area contributed by atoms with Gasteiger partial charge in [0.15, 0.2) is 5.82 Å². The Morgan fingerprint density at radius 2 is 2.09 bits per heavy atom. The highest BCUT2D eigenvalue weighted by atomic mass is 19.1. The third kappa shape index (κ3) is 2.69. The van der Waals surface area contributed by atoms with Crippen molar-refractivity contribution in [2.75, 3.05) is 5.32 Å². The molecule has 3 rings (SSSR count). The number of anilines is 1. The van der Waals surface area contributed by atoms with E-state index in [1.165, 1.54) is 12.1 Å². The zero-order valence-electron chi connectivity index (χ0n) is 12.2. The van der Waals surface area contributed by atoms with Crippen LogP contribution >= 0.6 is 0 Å². The van der Waals surface area contributed by atoms with E-state index in [0.29, 0.717) is 18.0 Å². The van der Waals surface area contributed by atoms with E-state index < -0.39 is 5.60 Å². The van der Waals surface area contributed by atoms with Crippen molar-refractivity contribution >= 4 is 17.4 Å². The number of carbonyl (C=O) groups excluding carboxylic acids is 1. The van der Waals surface area contributed by atoms with Crippen molar-refractivity contribution in [2.45, 2.75) is 18.9 Å². The molecule has 1 aromatic carbocycles. The summed E-state index contributed by atoms with van der Waals surface area (Å²) in [5.74, 6) is -0.196. The largest absolute Gasteiger partial charge is 0.379 e. The quantitative estimate of drug-likeness (QED) is 0.944. The molecule has 0 radical (unpaired) electrons. The Morgan fingerprint density at radius 3 is 2.73 bits per heavy atom. The van der Waals surface area contributed by atoms with Gasteiger partial charge in [0.25, 0.3) is 5.91 Å². The van der Waals surface area contributed by atoms with Crippen molar-refractivity contribution in [3.05, 3.63) is 47.9 Å². The predicted molar refractivity (Wildman–Crippen MR) is 78.9 cm³/mol.